The Labute approximate surface area is 135 Å². The number of nitrogens with one attached hydrogen (secondary N) is 1. The number of carbonyl (C=O) groups excluding carboxylic acids is 1. The van der Waals surface area contributed by atoms with E-state index in [9.17, 15) is 4.79 Å². The Balaban J connectivity index is 1.49. The second-order valence-electron chi connectivity index (χ2n) is 5.99. The molecule has 122 valence electrons. The molecule has 1 aliphatic rings. The first-order valence-electron chi connectivity index (χ1n) is 8.01. The number of aromatic nitrogens is 2. The van der Waals surface area contributed by atoms with Crippen LogP contribution in [0.5, 0.6) is 5.75 Å². The summed E-state index contributed by atoms with van der Waals surface area (Å²) in [4.78, 5) is 12.0. The van der Waals surface area contributed by atoms with Crippen LogP contribution in [0, 0.1) is 5.92 Å². The lowest BCUT2D eigenvalue weighted by atomic mass is 9.86. The van der Waals surface area contributed by atoms with E-state index in [2.05, 4.69) is 22.4 Å². The Morgan fingerprint density at radius 1 is 1.30 bits per heavy atom. The number of amides is 1. The van der Waals surface area contributed by atoms with Gasteiger partial charge in [-0.1, -0.05) is 19.8 Å². The third-order valence-corrected chi connectivity index (χ3v) is 4.29. The van der Waals surface area contributed by atoms with Crippen molar-refractivity contribution < 1.29 is 13.9 Å². The SMILES string of the molecule is CC1CCCCC1NC(=O)COc1ccc(-c2nnco2)cc1. The predicted molar refractivity (Wildman–Crippen MR) is 84.8 cm³/mol. The molecule has 1 N–H and O–H groups in total. The minimum absolute atomic E-state index is 0.0309. The number of carbonyl (C=O) groups is 1. The van der Waals surface area contributed by atoms with Gasteiger partial charge in [0.2, 0.25) is 12.3 Å². The van der Waals surface area contributed by atoms with Crippen LogP contribution in [0.1, 0.15) is 32.6 Å². The summed E-state index contributed by atoms with van der Waals surface area (Å²) >= 11 is 0. The monoisotopic (exact) mass is 315 g/mol. The predicted octanol–water partition coefficient (Wildman–Crippen LogP) is 2.81. The average Bonchev–Trinajstić information content (AvgIpc) is 3.10. The first kappa shape index (κ1) is 15.5. The Hall–Kier alpha value is -2.37. The topological polar surface area (TPSA) is 77.2 Å². The molecule has 0 aliphatic heterocycles. The molecule has 1 aromatic heterocycles. The van der Waals surface area contributed by atoms with E-state index in [0.717, 1.165) is 12.0 Å². The maximum absolute atomic E-state index is 12.0. The molecule has 1 amide bonds. The van der Waals surface area contributed by atoms with Crippen LogP contribution in [0.25, 0.3) is 11.5 Å². The third kappa shape index (κ3) is 4.09. The second-order valence-corrected chi connectivity index (χ2v) is 5.99. The van der Waals surface area contributed by atoms with Gasteiger partial charge in [-0.2, -0.15) is 0 Å². The Kier molecular flexibility index (Phi) is 4.90. The molecule has 6 heteroatoms. The van der Waals surface area contributed by atoms with Crippen LogP contribution in [-0.4, -0.2) is 28.8 Å². The van der Waals surface area contributed by atoms with Crippen molar-refractivity contribution in [1.29, 1.82) is 0 Å². The Morgan fingerprint density at radius 3 is 2.78 bits per heavy atom. The average molecular weight is 315 g/mol. The zero-order chi connectivity index (χ0) is 16.1. The van der Waals surface area contributed by atoms with Gasteiger partial charge in [0, 0.05) is 11.6 Å². The van der Waals surface area contributed by atoms with Crippen molar-refractivity contribution in [3.05, 3.63) is 30.7 Å². The van der Waals surface area contributed by atoms with E-state index in [1.807, 2.05) is 12.1 Å². The second kappa shape index (κ2) is 7.26. The largest absolute Gasteiger partial charge is 0.484 e. The highest BCUT2D eigenvalue weighted by Gasteiger charge is 2.22. The van der Waals surface area contributed by atoms with E-state index in [0.29, 0.717) is 17.6 Å². The van der Waals surface area contributed by atoms with Crippen LogP contribution < -0.4 is 10.1 Å². The summed E-state index contributed by atoms with van der Waals surface area (Å²) in [5, 5.41) is 10.6. The summed E-state index contributed by atoms with van der Waals surface area (Å²) in [5.74, 6) is 1.58. The highest BCUT2D eigenvalue weighted by atomic mass is 16.5. The van der Waals surface area contributed by atoms with Crippen molar-refractivity contribution in [3.8, 4) is 17.2 Å². The van der Waals surface area contributed by atoms with Crippen molar-refractivity contribution in [1.82, 2.24) is 15.5 Å². The van der Waals surface area contributed by atoms with Crippen LogP contribution in [0.15, 0.2) is 35.1 Å². The van der Waals surface area contributed by atoms with Crippen LogP contribution in [0.2, 0.25) is 0 Å². The Morgan fingerprint density at radius 2 is 2.09 bits per heavy atom. The van der Waals surface area contributed by atoms with Crippen LogP contribution >= 0.6 is 0 Å². The quantitative estimate of drug-likeness (QED) is 0.918. The van der Waals surface area contributed by atoms with Gasteiger partial charge in [-0.25, -0.2) is 0 Å². The molecule has 0 bridgehead atoms. The van der Waals surface area contributed by atoms with Crippen LogP contribution in [0.4, 0.5) is 0 Å². The molecule has 3 rings (SSSR count). The number of hydrogen-bond donors (Lipinski definition) is 1. The Bertz CT molecular complexity index is 625. The van der Waals surface area contributed by atoms with Crippen LogP contribution in [0.3, 0.4) is 0 Å². The van der Waals surface area contributed by atoms with Gasteiger partial charge in [0.05, 0.1) is 0 Å². The highest BCUT2D eigenvalue weighted by molar-refractivity contribution is 5.77. The lowest BCUT2D eigenvalue weighted by Crippen LogP contribution is -2.43. The molecule has 1 fully saturated rings. The van der Waals surface area contributed by atoms with Gasteiger partial charge in [0.25, 0.3) is 5.91 Å². The summed E-state index contributed by atoms with van der Waals surface area (Å²) < 4.78 is 10.7. The zero-order valence-corrected chi connectivity index (χ0v) is 13.2. The summed E-state index contributed by atoms with van der Waals surface area (Å²) in [6.45, 7) is 2.23. The maximum atomic E-state index is 12.0. The van der Waals surface area contributed by atoms with E-state index in [1.54, 1.807) is 12.1 Å². The lowest BCUT2D eigenvalue weighted by Gasteiger charge is -2.29. The molecule has 0 saturated heterocycles. The fourth-order valence-electron chi connectivity index (χ4n) is 2.92. The minimum Gasteiger partial charge on any atom is -0.484 e. The van der Waals surface area contributed by atoms with Gasteiger partial charge in [0.1, 0.15) is 5.75 Å². The molecule has 1 heterocycles. The van der Waals surface area contributed by atoms with E-state index < -0.39 is 0 Å². The number of ether oxygens (including phenoxy) is 1. The molecule has 2 atom stereocenters. The summed E-state index contributed by atoms with van der Waals surface area (Å²) in [7, 11) is 0. The van der Waals surface area contributed by atoms with Gasteiger partial charge in [0.15, 0.2) is 6.61 Å². The summed E-state index contributed by atoms with van der Waals surface area (Å²) in [6.07, 6.45) is 5.98. The first-order chi connectivity index (χ1) is 11.2. The standard InChI is InChI=1S/C17H21N3O3/c1-12-4-2-3-5-15(12)19-16(21)10-22-14-8-6-13(7-9-14)17-20-18-11-23-17/h6-9,11-12,15H,2-5,10H2,1H3,(H,19,21). The van der Waals surface area contributed by atoms with Crippen molar-refractivity contribution in [2.75, 3.05) is 6.61 Å². The van der Waals surface area contributed by atoms with Gasteiger partial charge in [-0.3, -0.25) is 4.79 Å². The van der Waals surface area contributed by atoms with Crippen LogP contribution in [-0.2, 0) is 4.79 Å². The number of rotatable bonds is 5. The number of benzene rings is 1. The molecule has 0 spiro atoms. The van der Waals surface area contributed by atoms with E-state index in [1.165, 1.54) is 25.7 Å². The van der Waals surface area contributed by atoms with E-state index in [-0.39, 0.29) is 18.6 Å². The minimum atomic E-state index is -0.0651. The fraction of sp³-hybridized carbons (Fsp3) is 0.471. The zero-order valence-electron chi connectivity index (χ0n) is 13.2. The molecule has 2 unspecified atom stereocenters. The van der Waals surface area contributed by atoms with E-state index >= 15 is 0 Å². The normalized spacial score (nSPS) is 20.9. The molecular weight excluding hydrogens is 294 g/mol. The molecule has 1 aliphatic carbocycles. The molecule has 0 radical (unpaired) electrons. The maximum Gasteiger partial charge on any atom is 0.258 e. The molecule has 1 aromatic carbocycles. The van der Waals surface area contributed by atoms with Crippen molar-refractivity contribution >= 4 is 5.91 Å². The molecule has 6 nitrogen and oxygen atoms in total. The number of hydrogen-bond acceptors (Lipinski definition) is 5. The molecule has 23 heavy (non-hydrogen) atoms. The smallest absolute Gasteiger partial charge is 0.258 e. The number of nitrogens with zero attached hydrogens (tertiary/aromatic N) is 2. The fourth-order valence-corrected chi connectivity index (χ4v) is 2.92. The molecular formula is C17H21N3O3. The lowest BCUT2D eigenvalue weighted by molar-refractivity contribution is -0.124. The van der Waals surface area contributed by atoms with Gasteiger partial charge in [-0.05, 0) is 43.0 Å². The molecule has 1 saturated carbocycles. The first-order valence-corrected chi connectivity index (χ1v) is 8.01. The molecule has 2 aromatic rings. The van der Waals surface area contributed by atoms with Gasteiger partial charge >= 0.3 is 0 Å². The van der Waals surface area contributed by atoms with Gasteiger partial charge in [-0.15, -0.1) is 10.2 Å². The summed E-state index contributed by atoms with van der Waals surface area (Å²) in [6, 6.07) is 7.50. The summed E-state index contributed by atoms with van der Waals surface area (Å²) in [5.41, 5.74) is 0.815. The van der Waals surface area contributed by atoms with Gasteiger partial charge < -0.3 is 14.5 Å². The van der Waals surface area contributed by atoms with Crippen molar-refractivity contribution in [3.63, 3.8) is 0 Å². The van der Waals surface area contributed by atoms with E-state index in [4.69, 9.17) is 9.15 Å². The van der Waals surface area contributed by atoms with Crippen molar-refractivity contribution in [2.45, 2.75) is 38.6 Å². The highest BCUT2D eigenvalue weighted by Crippen LogP contribution is 2.24. The third-order valence-electron chi connectivity index (χ3n) is 4.29. The van der Waals surface area contributed by atoms with Crippen molar-refractivity contribution in [2.24, 2.45) is 5.92 Å².